The highest BCUT2D eigenvalue weighted by atomic mass is 79.9. The lowest BCUT2D eigenvalue weighted by molar-refractivity contribution is 0.0683. The van der Waals surface area contributed by atoms with E-state index in [1.807, 2.05) is 46.8 Å². The summed E-state index contributed by atoms with van der Waals surface area (Å²) in [5, 5.41) is 13.4. The third-order valence-corrected chi connectivity index (χ3v) is 3.59. The Bertz CT molecular complexity index is 691. The smallest absolute Gasteiger partial charge is 0.375 e. The number of carbonyl (C=O) groups is 1. The van der Waals surface area contributed by atoms with Crippen LogP contribution in [0.3, 0.4) is 0 Å². The Morgan fingerprint density at radius 3 is 2.19 bits per heavy atom. The molecule has 1 aromatic heterocycles. The molecule has 0 bridgehead atoms. The molecule has 21 heavy (non-hydrogen) atoms. The molecule has 0 saturated heterocycles. The van der Waals surface area contributed by atoms with E-state index in [1.54, 1.807) is 4.68 Å². The number of hydrogen-bond donors (Lipinski definition) is 1. The number of halogens is 1. The summed E-state index contributed by atoms with van der Waals surface area (Å²) in [5.74, 6) is -0.665. The van der Waals surface area contributed by atoms with Crippen molar-refractivity contribution >= 4 is 21.9 Å². The minimum Gasteiger partial charge on any atom is -0.475 e. The molecule has 0 unspecified atom stereocenters. The van der Waals surface area contributed by atoms with Crippen molar-refractivity contribution in [1.82, 2.24) is 14.8 Å². The van der Waals surface area contributed by atoms with Gasteiger partial charge in [0.1, 0.15) is 5.82 Å². The van der Waals surface area contributed by atoms with Gasteiger partial charge < -0.3 is 5.11 Å². The average molecular weight is 352 g/mol. The molecule has 0 amide bonds. The van der Waals surface area contributed by atoms with Gasteiger partial charge in [-0.3, -0.25) is 0 Å². The second-order valence-corrected chi connectivity index (χ2v) is 7.03. The Labute approximate surface area is 132 Å². The molecule has 1 heterocycles. The van der Waals surface area contributed by atoms with Crippen molar-refractivity contribution in [2.75, 3.05) is 0 Å². The van der Waals surface area contributed by atoms with Gasteiger partial charge in [0, 0.05) is 9.89 Å². The number of rotatable bonds is 2. The van der Waals surface area contributed by atoms with Gasteiger partial charge in [0.15, 0.2) is 0 Å². The second-order valence-electron chi connectivity index (χ2n) is 6.11. The Hall–Kier alpha value is -1.69. The lowest BCUT2D eigenvalue weighted by atomic mass is 9.95. The summed E-state index contributed by atoms with van der Waals surface area (Å²) >= 11 is 3.47. The van der Waals surface area contributed by atoms with Crippen LogP contribution in [0.15, 0.2) is 16.6 Å². The van der Waals surface area contributed by atoms with Gasteiger partial charge >= 0.3 is 5.97 Å². The van der Waals surface area contributed by atoms with Crippen LogP contribution in [0.5, 0.6) is 0 Å². The quantitative estimate of drug-likeness (QED) is 0.896. The lowest BCUT2D eigenvalue weighted by Crippen LogP contribution is -2.20. The van der Waals surface area contributed by atoms with E-state index < -0.39 is 5.97 Å². The topological polar surface area (TPSA) is 68.0 Å². The normalized spacial score (nSPS) is 11.7. The third kappa shape index (κ3) is 3.00. The van der Waals surface area contributed by atoms with Gasteiger partial charge in [0.2, 0.25) is 0 Å². The van der Waals surface area contributed by atoms with Crippen molar-refractivity contribution < 1.29 is 9.90 Å². The van der Waals surface area contributed by atoms with Crippen molar-refractivity contribution in [3.8, 4) is 5.69 Å². The van der Waals surface area contributed by atoms with Gasteiger partial charge in [-0.1, -0.05) is 36.7 Å². The second kappa shape index (κ2) is 5.26. The van der Waals surface area contributed by atoms with Crippen molar-refractivity contribution in [3.63, 3.8) is 0 Å². The minimum atomic E-state index is -1.12. The molecule has 1 N–H and O–H groups in total. The summed E-state index contributed by atoms with van der Waals surface area (Å²) in [6.07, 6.45) is 0. The van der Waals surface area contributed by atoms with E-state index in [0.717, 1.165) is 21.3 Å². The summed E-state index contributed by atoms with van der Waals surface area (Å²) in [6, 6.07) is 3.97. The third-order valence-electron chi connectivity index (χ3n) is 3.14. The summed E-state index contributed by atoms with van der Waals surface area (Å²) in [4.78, 5) is 15.4. The fraction of sp³-hybridized carbons (Fsp3) is 0.400. The largest absolute Gasteiger partial charge is 0.475 e. The molecule has 0 aliphatic heterocycles. The lowest BCUT2D eigenvalue weighted by Gasteiger charge is -2.20. The van der Waals surface area contributed by atoms with E-state index in [9.17, 15) is 9.90 Å². The SMILES string of the molecule is Cc1cc(Br)cc(C)c1-n1nc(C(=O)O)nc1C(C)(C)C. The van der Waals surface area contributed by atoms with Gasteiger partial charge in [0.25, 0.3) is 5.82 Å². The average Bonchev–Trinajstić information content (AvgIpc) is 2.71. The predicted octanol–water partition coefficient (Wildman–Crippen LogP) is 3.64. The standard InChI is InChI=1S/C15H18BrN3O2/c1-8-6-10(16)7-9(2)11(8)19-14(15(3,4)5)17-12(18-19)13(20)21/h6-7H,1-5H3,(H,20,21). The van der Waals surface area contributed by atoms with Gasteiger partial charge in [-0.2, -0.15) is 0 Å². The van der Waals surface area contributed by atoms with Crippen LogP contribution in [0.1, 0.15) is 48.3 Å². The van der Waals surface area contributed by atoms with Crippen LogP contribution in [-0.2, 0) is 5.41 Å². The van der Waals surface area contributed by atoms with Crippen molar-refractivity contribution in [2.24, 2.45) is 0 Å². The molecule has 0 aliphatic carbocycles. The highest BCUT2D eigenvalue weighted by Crippen LogP contribution is 2.28. The highest BCUT2D eigenvalue weighted by Gasteiger charge is 2.27. The number of carboxylic acid groups (broad SMARTS) is 1. The molecule has 0 spiro atoms. The Balaban J connectivity index is 2.77. The fourth-order valence-corrected chi connectivity index (χ4v) is 2.97. The first-order valence-corrected chi connectivity index (χ1v) is 7.38. The number of carboxylic acids is 1. The Morgan fingerprint density at radius 2 is 1.76 bits per heavy atom. The molecule has 112 valence electrons. The first-order valence-electron chi connectivity index (χ1n) is 6.59. The molecule has 0 aliphatic rings. The number of benzene rings is 1. The number of nitrogens with zero attached hydrogens (tertiary/aromatic N) is 3. The van der Waals surface area contributed by atoms with Gasteiger partial charge in [0.05, 0.1) is 5.69 Å². The van der Waals surface area contributed by atoms with Gasteiger partial charge in [-0.25, -0.2) is 14.5 Å². The zero-order valence-electron chi connectivity index (χ0n) is 12.7. The molecule has 6 heteroatoms. The maximum atomic E-state index is 11.2. The molecule has 0 atom stereocenters. The zero-order valence-corrected chi connectivity index (χ0v) is 14.3. The number of hydrogen-bond acceptors (Lipinski definition) is 3. The molecule has 2 rings (SSSR count). The molecule has 0 radical (unpaired) electrons. The minimum absolute atomic E-state index is 0.179. The van der Waals surface area contributed by atoms with E-state index in [4.69, 9.17) is 0 Å². The summed E-state index contributed by atoms with van der Waals surface area (Å²) in [7, 11) is 0. The highest BCUT2D eigenvalue weighted by molar-refractivity contribution is 9.10. The van der Waals surface area contributed by atoms with Crippen molar-refractivity contribution in [1.29, 1.82) is 0 Å². The maximum absolute atomic E-state index is 11.2. The first kappa shape index (κ1) is 15.7. The Morgan fingerprint density at radius 1 is 1.24 bits per heavy atom. The van der Waals surface area contributed by atoms with Gasteiger partial charge in [-0.05, 0) is 37.1 Å². The molecule has 1 aromatic carbocycles. The van der Waals surface area contributed by atoms with E-state index in [-0.39, 0.29) is 11.2 Å². The first-order chi connectivity index (χ1) is 9.61. The fourth-order valence-electron chi connectivity index (χ4n) is 2.28. The van der Waals surface area contributed by atoms with E-state index >= 15 is 0 Å². The molecular weight excluding hydrogens is 334 g/mol. The van der Waals surface area contributed by atoms with Crippen LogP contribution in [0.25, 0.3) is 5.69 Å². The van der Waals surface area contributed by atoms with Crippen molar-refractivity contribution in [3.05, 3.63) is 39.4 Å². The number of aromatic carboxylic acids is 1. The number of aromatic nitrogens is 3. The molecule has 0 saturated carbocycles. The summed E-state index contributed by atoms with van der Waals surface area (Å²) < 4.78 is 2.64. The molecule has 5 nitrogen and oxygen atoms in total. The maximum Gasteiger partial charge on any atom is 0.375 e. The number of aryl methyl sites for hydroxylation is 2. The Kier molecular flexibility index (Phi) is 3.93. The molecular formula is C15H18BrN3O2. The van der Waals surface area contributed by atoms with Crippen LogP contribution in [0.2, 0.25) is 0 Å². The van der Waals surface area contributed by atoms with Crippen molar-refractivity contribution in [2.45, 2.75) is 40.0 Å². The van der Waals surface area contributed by atoms with Gasteiger partial charge in [-0.15, -0.1) is 5.10 Å². The van der Waals surface area contributed by atoms with Crippen LogP contribution in [0.4, 0.5) is 0 Å². The predicted molar refractivity (Wildman–Crippen MR) is 84.2 cm³/mol. The van der Waals surface area contributed by atoms with E-state index in [0.29, 0.717) is 5.82 Å². The van der Waals surface area contributed by atoms with E-state index in [2.05, 4.69) is 26.0 Å². The molecule has 0 fully saturated rings. The van der Waals surface area contributed by atoms with E-state index in [1.165, 1.54) is 0 Å². The monoisotopic (exact) mass is 351 g/mol. The molecule has 2 aromatic rings. The summed E-state index contributed by atoms with van der Waals surface area (Å²) in [6.45, 7) is 9.91. The van der Waals surface area contributed by atoms with Crippen LogP contribution >= 0.6 is 15.9 Å². The zero-order chi connectivity index (χ0) is 15.9. The van der Waals surface area contributed by atoms with Crippen LogP contribution in [0, 0.1) is 13.8 Å². The van der Waals surface area contributed by atoms with Crippen LogP contribution < -0.4 is 0 Å². The summed E-state index contributed by atoms with van der Waals surface area (Å²) in [5.41, 5.74) is 2.58. The van der Waals surface area contributed by atoms with Crippen LogP contribution in [-0.4, -0.2) is 25.8 Å².